The SMILES string of the molecule is COC(=O)c1cccc(CS[C@H](C)C(=O)Nc2ccccc2)c1. The van der Waals surface area contributed by atoms with Crippen molar-refractivity contribution < 1.29 is 14.3 Å². The molecule has 0 aliphatic heterocycles. The van der Waals surface area contributed by atoms with Gasteiger partial charge in [0, 0.05) is 11.4 Å². The Labute approximate surface area is 140 Å². The summed E-state index contributed by atoms with van der Waals surface area (Å²) in [4.78, 5) is 23.7. The van der Waals surface area contributed by atoms with Gasteiger partial charge in [-0.05, 0) is 36.8 Å². The number of carbonyl (C=O) groups is 2. The predicted octanol–water partition coefficient (Wildman–Crippen LogP) is 3.73. The molecule has 0 bridgehead atoms. The number of hydrogen-bond donors (Lipinski definition) is 1. The van der Waals surface area contributed by atoms with Gasteiger partial charge >= 0.3 is 5.97 Å². The van der Waals surface area contributed by atoms with Crippen molar-refractivity contribution in [3.05, 3.63) is 65.7 Å². The van der Waals surface area contributed by atoms with E-state index in [1.807, 2.05) is 49.4 Å². The van der Waals surface area contributed by atoms with Gasteiger partial charge in [0.1, 0.15) is 0 Å². The molecule has 0 aliphatic carbocycles. The zero-order valence-corrected chi connectivity index (χ0v) is 13.9. The lowest BCUT2D eigenvalue weighted by atomic mass is 10.1. The molecular weight excluding hydrogens is 310 g/mol. The third-order valence-electron chi connectivity index (χ3n) is 3.26. The van der Waals surface area contributed by atoms with Gasteiger partial charge in [0.25, 0.3) is 0 Å². The van der Waals surface area contributed by atoms with Crippen molar-refractivity contribution in [3.63, 3.8) is 0 Å². The topological polar surface area (TPSA) is 55.4 Å². The number of anilines is 1. The number of nitrogens with one attached hydrogen (secondary N) is 1. The standard InChI is InChI=1S/C18H19NO3S/c1-13(17(20)19-16-9-4-3-5-10-16)23-12-14-7-6-8-15(11-14)18(21)22-2/h3-11,13H,12H2,1-2H3,(H,19,20)/t13-/m1/s1. The molecular formula is C18H19NO3S. The lowest BCUT2D eigenvalue weighted by molar-refractivity contribution is -0.115. The van der Waals surface area contributed by atoms with Crippen LogP contribution in [0.15, 0.2) is 54.6 Å². The summed E-state index contributed by atoms with van der Waals surface area (Å²) >= 11 is 1.52. The van der Waals surface area contributed by atoms with Gasteiger partial charge in [-0.25, -0.2) is 4.79 Å². The highest BCUT2D eigenvalue weighted by Gasteiger charge is 2.14. The number of benzene rings is 2. The smallest absolute Gasteiger partial charge is 0.337 e. The van der Waals surface area contributed by atoms with Crippen molar-refractivity contribution in [1.82, 2.24) is 0 Å². The zero-order chi connectivity index (χ0) is 16.7. The van der Waals surface area contributed by atoms with Crippen molar-refractivity contribution in [2.45, 2.75) is 17.9 Å². The second-order valence-electron chi connectivity index (χ2n) is 5.00. The van der Waals surface area contributed by atoms with Crippen LogP contribution in [0, 0.1) is 0 Å². The minimum atomic E-state index is -0.355. The summed E-state index contributed by atoms with van der Waals surface area (Å²) in [5.74, 6) is 0.255. The average molecular weight is 329 g/mol. The molecule has 0 saturated heterocycles. The molecule has 0 unspecified atom stereocenters. The number of rotatable bonds is 6. The van der Waals surface area contributed by atoms with E-state index in [4.69, 9.17) is 4.74 Å². The Morgan fingerprint density at radius 3 is 2.57 bits per heavy atom. The Balaban J connectivity index is 1.90. The molecule has 120 valence electrons. The number of ether oxygens (including phenoxy) is 1. The first-order chi connectivity index (χ1) is 11.1. The lowest BCUT2D eigenvalue weighted by Gasteiger charge is -2.12. The van der Waals surface area contributed by atoms with Crippen LogP contribution in [-0.2, 0) is 15.3 Å². The molecule has 0 spiro atoms. The highest BCUT2D eigenvalue weighted by molar-refractivity contribution is 7.99. The fraction of sp³-hybridized carbons (Fsp3) is 0.222. The first-order valence-corrected chi connectivity index (χ1v) is 8.30. The Kier molecular flexibility index (Phi) is 6.23. The highest BCUT2D eigenvalue weighted by Crippen LogP contribution is 2.20. The van der Waals surface area contributed by atoms with Gasteiger partial charge in [-0.3, -0.25) is 4.79 Å². The number of hydrogen-bond acceptors (Lipinski definition) is 4. The van der Waals surface area contributed by atoms with Crippen LogP contribution < -0.4 is 5.32 Å². The molecule has 0 aromatic heterocycles. The number of thioether (sulfide) groups is 1. The fourth-order valence-corrected chi connectivity index (χ4v) is 2.80. The summed E-state index contributed by atoms with van der Waals surface area (Å²) in [5, 5.41) is 2.69. The van der Waals surface area contributed by atoms with Crippen LogP contribution in [0.1, 0.15) is 22.8 Å². The second kappa shape index (κ2) is 8.39. The normalized spacial score (nSPS) is 11.6. The Morgan fingerprint density at radius 2 is 1.87 bits per heavy atom. The molecule has 0 fully saturated rings. The van der Waals surface area contributed by atoms with E-state index in [1.165, 1.54) is 18.9 Å². The molecule has 1 atom stereocenters. The first kappa shape index (κ1) is 17.1. The molecule has 1 N–H and O–H groups in total. The summed E-state index contributed by atoms with van der Waals surface area (Å²) < 4.78 is 4.71. The summed E-state index contributed by atoms with van der Waals surface area (Å²) in [7, 11) is 1.36. The Hall–Kier alpha value is -2.27. The highest BCUT2D eigenvalue weighted by atomic mass is 32.2. The maximum absolute atomic E-state index is 12.1. The van der Waals surface area contributed by atoms with E-state index in [0.717, 1.165) is 11.3 Å². The van der Waals surface area contributed by atoms with Gasteiger partial charge < -0.3 is 10.1 Å². The van der Waals surface area contributed by atoms with Crippen molar-refractivity contribution in [2.75, 3.05) is 12.4 Å². The van der Waals surface area contributed by atoms with Crippen LogP contribution in [0.5, 0.6) is 0 Å². The molecule has 0 radical (unpaired) electrons. The van der Waals surface area contributed by atoms with E-state index in [-0.39, 0.29) is 17.1 Å². The van der Waals surface area contributed by atoms with Crippen LogP contribution >= 0.6 is 11.8 Å². The van der Waals surface area contributed by atoms with E-state index in [0.29, 0.717) is 11.3 Å². The van der Waals surface area contributed by atoms with Crippen LogP contribution in [0.4, 0.5) is 5.69 Å². The molecule has 23 heavy (non-hydrogen) atoms. The minimum absolute atomic E-state index is 0.0367. The quantitative estimate of drug-likeness (QED) is 0.820. The van der Waals surface area contributed by atoms with Gasteiger partial charge in [-0.15, -0.1) is 11.8 Å². The molecule has 0 saturated carbocycles. The lowest BCUT2D eigenvalue weighted by Crippen LogP contribution is -2.22. The Morgan fingerprint density at radius 1 is 1.13 bits per heavy atom. The fourth-order valence-electron chi connectivity index (χ4n) is 1.97. The predicted molar refractivity (Wildman–Crippen MR) is 93.6 cm³/mol. The third kappa shape index (κ3) is 5.14. The number of amides is 1. The Bertz CT molecular complexity index is 673. The van der Waals surface area contributed by atoms with E-state index < -0.39 is 0 Å². The maximum Gasteiger partial charge on any atom is 0.337 e. The second-order valence-corrected chi connectivity index (χ2v) is 6.33. The molecule has 2 aromatic carbocycles. The molecule has 2 rings (SSSR count). The van der Waals surface area contributed by atoms with Gasteiger partial charge in [0.05, 0.1) is 17.9 Å². The monoisotopic (exact) mass is 329 g/mol. The number of esters is 1. The van der Waals surface area contributed by atoms with Crippen molar-refractivity contribution in [1.29, 1.82) is 0 Å². The van der Waals surface area contributed by atoms with Crippen molar-refractivity contribution in [3.8, 4) is 0 Å². The molecule has 0 heterocycles. The third-order valence-corrected chi connectivity index (χ3v) is 4.47. The van der Waals surface area contributed by atoms with E-state index in [1.54, 1.807) is 12.1 Å². The number of methoxy groups -OCH3 is 1. The summed E-state index contributed by atoms with van der Waals surface area (Å²) in [6, 6.07) is 16.6. The van der Waals surface area contributed by atoms with Crippen molar-refractivity contribution >= 4 is 29.3 Å². The minimum Gasteiger partial charge on any atom is -0.465 e. The number of para-hydroxylation sites is 1. The molecule has 4 nitrogen and oxygen atoms in total. The zero-order valence-electron chi connectivity index (χ0n) is 13.1. The van der Waals surface area contributed by atoms with Crippen molar-refractivity contribution in [2.24, 2.45) is 0 Å². The van der Waals surface area contributed by atoms with Crippen LogP contribution in [0.25, 0.3) is 0 Å². The van der Waals surface area contributed by atoms with Gasteiger partial charge in [0.15, 0.2) is 0 Å². The summed E-state index contributed by atoms with van der Waals surface area (Å²) in [5.41, 5.74) is 2.29. The summed E-state index contributed by atoms with van der Waals surface area (Å²) in [6.07, 6.45) is 0. The maximum atomic E-state index is 12.1. The first-order valence-electron chi connectivity index (χ1n) is 7.25. The average Bonchev–Trinajstić information content (AvgIpc) is 2.60. The van der Waals surface area contributed by atoms with Gasteiger partial charge in [-0.2, -0.15) is 0 Å². The van der Waals surface area contributed by atoms with Crippen LogP contribution in [-0.4, -0.2) is 24.2 Å². The molecule has 0 aliphatic rings. The largest absolute Gasteiger partial charge is 0.465 e. The van der Waals surface area contributed by atoms with Gasteiger partial charge in [-0.1, -0.05) is 30.3 Å². The number of carbonyl (C=O) groups excluding carboxylic acids is 2. The molecule has 1 amide bonds. The summed E-state index contributed by atoms with van der Waals surface area (Å²) in [6.45, 7) is 1.87. The molecule has 2 aromatic rings. The van der Waals surface area contributed by atoms with E-state index in [9.17, 15) is 9.59 Å². The van der Waals surface area contributed by atoms with E-state index >= 15 is 0 Å². The van der Waals surface area contributed by atoms with E-state index in [2.05, 4.69) is 5.32 Å². The van der Waals surface area contributed by atoms with Gasteiger partial charge in [0.2, 0.25) is 5.91 Å². The molecule has 5 heteroatoms. The van der Waals surface area contributed by atoms with Crippen LogP contribution in [0.2, 0.25) is 0 Å². The van der Waals surface area contributed by atoms with Crippen LogP contribution in [0.3, 0.4) is 0 Å².